The van der Waals surface area contributed by atoms with Gasteiger partial charge in [0.05, 0.1) is 6.10 Å². The van der Waals surface area contributed by atoms with Crippen molar-refractivity contribution in [2.24, 2.45) is 28.6 Å². The monoisotopic (exact) mass is 402 g/mol. The van der Waals surface area contributed by atoms with Crippen LogP contribution < -0.4 is 0 Å². The first-order valence-electron chi connectivity index (χ1n) is 10.5. The number of rotatable bonds is 3. The molecule has 0 aliphatic heterocycles. The quantitative estimate of drug-likeness (QED) is 0.702. The number of ether oxygens (including phenoxy) is 1. The third kappa shape index (κ3) is 2.79. The molecule has 0 aromatic rings. The standard InChI is InChI=1S/C23H30O6/c1-13(24)29-12-19(27)23(28)9-7-17-16-5-4-14-10-15(25)6-8-21(14,2)20(16)18(26)11-22(17,23)3/h4-5,10,16-18,20,26,28H,6-9,11-12H2,1-3H3/t16-,17-,18+,20+,21+,22+,23-/m1/s1. The van der Waals surface area contributed by atoms with Crippen LogP contribution in [0.1, 0.15) is 52.9 Å². The molecule has 2 fully saturated rings. The fourth-order valence-corrected chi connectivity index (χ4v) is 6.88. The number of Topliss-reactive ketones (excluding diaryl/α,β-unsaturated/α-hetero) is 1. The lowest BCUT2D eigenvalue weighted by molar-refractivity contribution is -0.177. The molecule has 0 unspecified atom stereocenters. The molecule has 0 heterocycles. The van der Waals surface area contributed by atoms with E-state index in [-0.39, 0.29) is 29.0 Å². The zero-order valence-corrected chi connectivity index (χ0v) is 17.3. The van der Waals surface area contributed by atoms with Gasteiger partial charge in [-0.3, -0.25) is 14.4 Å². The molecule has 7 atom stereocenters. The fourth-order valence-electron chi connectivity index (χ4n) is 6.88. The summed E-state index contributed by atoms with van der Waals surface area (Å²) in [7, 11) is 0. The van der Waals surface area contributed by atoms with E-state index >= 15 is 0 Å². The van der Waals surface area contributed by atoms with Crippen molar-refractivity contribution in [2.45, 2.75) is 64.6 Å². The smallest absolute Gasteiger partial charge is 0.303 e. The van der Waals surface area contributed by atoms with E-state index in [9.17, 15) is 24.6 Å². The van der Waals surface area contributed by atoms with E-state index in [2.05, 4.69) is 13.0 Å². The summed E-state index contributed by atoms with van der Waals surface area (Å²) < 4.78 is 4.87. The summed E-state index contributed by atoms with van der Waals surface area (Å²) in [6.45, 7) is 4.81. The number of aliphatic hydroxyl groups is 2. The third-order valence-electron chi connectivity index (χ3n) is 8.48. The zero-order valence-electron chi connectivity index (χ0n) is 17.3. The van der Waals surface area contributed by atoms with Crippen LogP contribution in [0.25, 0.3) is 0 Å². The molecule has 4 aliphatic rings. The lowest BCUT2D eigenvalue weighted by atomic mass is 9.47. The van der Waals surface area contributed by atoms with Gasteiger partial charge in [0, 0.05) is 24.7 Å². The molecule has 0 amide bonds. The maximum Gasteiger partial charge on any atom is 0.303 e. The van der Waals surface area contributed by atoms with E-state index in [4.69, 9.17) is 4.74 Å². The van der Waals surface area contributed by atoms with Gasteiger partial charge in [0.25, 0.3) is 0 Å². The van der Waals surface area contributed by atoms with Crippen molar-refractivity contribution >= 4 is 17.5 Å². The molecule has 0 bridgehead atoms. The first-order valence-corrected chi connectivity index (χ1v) is 10.5. The van der Waals surface area contributed by atoms with E-state index in [1.165, 1.54) is 6.92 Å². The Bertz CT molecular complexity index is 827. The number of ketones is 2. The largest absolute Gasteiger partial charge is 0.458 e. The molecule has 0 aromatic carbocycles. The molecule has 0 aromatic heterocycles. The molecular formula is C23H30O6. The summed E-state index contributed by atoms with van der Waals surface area (Å²) in [5.74, 6) is -0.903. The second-order valence-corrected chi connectivity index (χ2v) is 9.84. The van der Waals surface area contributed by atoms with Crippen LogP contribution in [0, 0.1) is 28.6 Å². The topological polar surface area (TPSA) is 101 Å². The van der Waals surface area contributed by atoms with E-state index < -0.39 is 35.5 Å². The normalized spacial score (nSPS) is 45.7. The molecule has 0 radical (unpaired) electrons. The number of carbonyl (C=O) groups excluding carboxylic acids is 3. The maximum absolute atomic E-state index is 12.9. The van der Waals surface area contributed by atoms with Crippen molar-refractivity contribution in [3.8, 4) is 0 Å². The minimum Gasteiger partial charge on any atom is -0.458 e. The molecule has 2 saturated carbocycles. The van der Waals surface area contributed by atoms with Gasteiger partial charge >= 0.3 is 5.97 Å². The van der Waals surface area contributed by atoms with Crippen LogP contribution in [0.4, 0.5) is 0 Å². The van der Waals surface area contributed by atoms with Crippen molar-refractivity contribution in [3.05, 3.63) is 23.8 Å². The number of esters is 1. The number of carbonyl (C=O) groups is 3. The molecule has 0 saturated heterocycles. The van der Waals surface area contributed by atoms with Gasteiger partial charge in [-0.15, -0.1) is 0 Å². The van der Waals surface area contributed by atoms with Crippen molar-refractivity contribution in [1.29, 1.82) is 0 Å². The Morgan fingerprint density at radius 3 is 2.69 bits per heavy atom. The number of hydrogen-bond acceptors (Lipinski definition) is 6. The first kappa shape index (κ1) is 20.5. The molecule has 29 heavy (non-hydrogen) atoms. The van der Waals surface area contributed by atoms with Crippen molar-refractivity contribution in [3.63, 3.8) is 0 Å². The first-order chi connectivity index (χ1) is 13.5. The molecule has 6 heteroatoms. The zero-order chi connectivity index (χ0) is 21.2. The lowest BCUT2D eigenvalue weighted by Gasteiger charge is -2.58. The van der Waals surface area contributed by atoms with E-state index in [1.807, 2.05) is 13.0 Å². The highest BCUT2D eigenvalue weighted by Gasteiger charge is 2.67. The van der Waals surface area contributed by atoms with Gasteiger partial charge < -0.3 is 14.9 Å². The lowest BCUT2D eigenvalue weighted by Crippen LogP contribution is -2.61. The van der Waals surface area contributed by atoms with Crippen LogP contribution in [0.3, 0.4) is 0 Å². The molecule has 158 valence electrons. The molecule has 6 nitrogen and oxygen atoms in total. The van der Waals surface area contributed by atoms with E-state index in [0.29, 0.717) is 32.1 Å². The minimum absolute atomic E-state index is 0.0228. The predicted octanol–water partition coefficient (Wildman–Crippen LogP) is 2.13. The van der Waals surface area contributed by atoms with Crippen LogP contribution in [0.5, 0.6) is 0 Å². The van der Waals surface area contributed by atoms with Crippen LogP contribution in [0.15, 0.2) is 23.8 Å². The summed E-state index contributed by atoms with van der Waals surface area (Å²) in [5, 5.41) is 22.7. The second-order valence-electron chi connectivity index (χ2n) is 9.84. The van der Waals surface area contributed by atoms with Crippen LogP contribution in [-0.2, 0) is 19.1 Å². The third-order valence-corrected chi connectivity index (χ3v) is 8.48. The summed E-state index contributed by atoms with van der Waals surface area (Å²) >= 11 is 0. The van der Waals surface area contributed by atoms with Gasteiger partial charge in [-0.05, 0) is 54.6 Å². The summed E-state index contributed by atoms with van der Waals surface area (Å²) in [6, 6.07) is 0. The number of fused-ring (bicyclic) bond motifs is 5. The van der Waals surface area contributed by atoms with Gasteiger partial charge in [0.2, 0.25) is 5.78 Å². The Balaban J connectivity index is 1.69. The van der Waals surface area contributed by atoms with Gasteiger partial charge in [0.1, 0.15) is 5.60 Å². The van der Waals surface area contributed by atoms with Crippen LogP contribution in [-0.4, -0.2) is 46.1 Å². The van der Waals surface area contributed by atoms with E-state index in [0.717, 1.165) is 5.57 Å². The minimum atomic E-state index is -1.62. The SMILES string of the molecule is CC(=O)OCC(=O)[C@]1(O)CC[C@@H]2[C@H]3C=CC4=CC(=O)CC[C@]4(C)[C@@H]3[C@@H](O)C[C@@]21C. The molecule has 4 rings (SSSR count). The Labute approximate surface area is 171 Å². The predicted molar refractivity (Wildman–Crippen MR) is 105 cm³/mol. The van der Waals surface area contributed by atoms with Gasteiger partial charge in [-0.2, -0.15) is 0 Å². The van der Waals surface area contributed by atoms with E-state index in [1.54, 1.807) is 6.08 Å². The highest BCUT2D eigenvalue weighted by Crippen LogP contribution is 2.66. The van der Waals surface area contributed by atoms with Crippen LogP contribution in [0.2, 0.25) is 0 Å². The Morgan fingerprint density at radius 1 is 1.28 bits per heavy atom. The maximum atomic E-state index is 12.9. The Kier molecular flexibility index (Phi) is 4.67. The van der Waals surface area contributed by atoms with Crippen molar-refractivity contribution in [2.75, 3.05) is 6.61 Å². The number of allylic oxidation sites excluding steroid dienone is 4. The summed E-state index contributed by atoms with van der Waals surface area (Å²) in [6.07, 6.45) is 7.57. The van der Waals surface area contributed by atoms with Gasteiger partial charge in [-0.1, -0.05) is 26.0 Å². The molecule has 4 aliphatic carbocycles. The number of hydrogen-bond donors (Lipinski definition) is 2. The van der Waals surface area contributed by atoms with Crippen molar-refractivity contribution < 1.29 is 29.3 Å². The molecular weight excluding hydrogens is 372 g/mol. The highest BCUT2D eigenvalue weighted by atomic mass is 16.5. The number of aliphatic hydroxyl groups excluding tert-OH is 1. The Morgan fingerprint density at radius 2 is 2.00 bits per heavy atom. The average Bonchev–Trinajstić information content (AvgIpc) is 2.91. The van der Waals surface area contributed by atoms with Crippen LogP contribution >= 0.6 is 0 Å². The van der Waals surface area contributed by atoms with Gasteiger partial charge in [-0.25, -0.2) is 0 Å². The second kappa shape index (κ2) is 6.61. The Hall–Kier alpha value is -1.79. The summed E-state index contributed by atoms with van der Waals surface area (Å²) in [5.41, 5.74) is -1.71. The van der Waals surface area contributed by atoms with Gasteiger partial charge in [0.15, 0.2) is 12.4 Å². The molecule has 2 N–H and O–H groups in total. The highest BCUT2D eigenvalue weighted by molar-refractivity contribution is 5.92. The fraction of sp³-hybridized carbons (Fsp3) is 0.696. The molecule has 0 spiro atoms. The summed E-state index contributed by atoms with van der Waals surface area (Å²) in [4.78, 5) is 35.9. The van der Waals surface area contributed by atoms with Crippen molar-refractivity contribution in [1.82, 2.24) is 0 Å². The average molecular weight is 402 g/mol.